The van der Waals surface area contributed by atoms with Crippen LogP contribution >= 0.6 is 0 Å². The Kier molecular flexibility index (Phi) is 11.7. The molecule has 0 aliphatic carbocycles. The van der Waals surface area contributed by atoms with Gasteiger partial charge in [-0.2, -0.15) is 0 Å². The predicted octanol–water partition coefficient (Wildman–Crippen LogP) is -2.43. The molecule has 2 rings (SSSR count). The summed E-state index contributed by atoms with van der Waals surface area (Å²) in [6, 6.07) is 1.84. The van der Waals surface area contributed by atoms with Crippen LogP contribution in [0.25, 0.3) is 10.9 Å². The Balaban J connectivity index is 2.06. The van der Waals surface area contributed by atoms with E-state index in [-0.39, 0.29) is 6.42 Å². The van der Waals surface area contributed by atoms with Crippen molar-refractivity contribution in [2.24, 2.45) is 17.2 Å². The van der Waals surface area contributed by atoms with Gasteiger partial charge >= 0.3 is 5.97 Å². The van der Waals surface area contributed by atoms with Crippen molar-refractivity contribution in [3.8, 4) is 0 Å². The molecule has 0 aliphatic rings. The van der Waals surface area contributed by atoms with E-state index in [9.17, 15) is 34.2 Å². The van der Waals surface area contributed by atoms with Gasteiger partial charge in [-0.1, -0.05) is 24.6 Å². The summed E-state index contributed by atoms with van der Waals surface area (Å²) < 4.78 is 0. The number of aliphatic carboxylic acids is 1. The molecule has 0 saturated heterocycles. The second kappa shape index (κ2) is 14.7. The molecule has 1 aromatic heterocycles. The van der Waals surface area contributed by atoms with Gasteiger partial charge in [0, 0.05) is 23.5 Å². The normalized spacial score (nSPS) is 14.2. The van der Waals surface area contributed by atoms with Gasteiger partial charge in [-0.3, -0.25) is 19.2 Å². The SMILES string of the molecule is NCCCCC(N)C(=O)NC(CC(N)=O)C(=O)NC(CO)C(=O)NC(Cc1c[nH]c2ccccc12)C(=O)O. The van der Waals surface area contributed by atoms with Crippen molar-refractivity contribution in [2.75, 3.05) is 13.2 Å². The number of aromatic amines is 1. The Bertz CT molecular complexity index is 1140. The summed E-state index contributed by atoms with van der Waals surface area (Å²) in [6.45, 7) is -0.455. The summed E-state index contributed by atoms with van der Waals surface area (Å²) in [6.07, 6.45) is 2.49. The molecule has 14 nitrogen and oxygen atoms in total. The molecule has 0 bridgehead atoms. The number of para-hydroxylation sites is 1. The number of hydrogen-bond acceptors (Lipinski definition) is 8. The number of H-pyrrole nitrogens is 1. The van der Waals surface area contributed by atoms with E-state index in [0.717, 1.165) is 10.9 Å². The Hall–Kier alpha value is -4.01. The van der Waals surface area contributed by atoms with Gasteiger partial charge in [-0.15, -0.1) is 0 Å². The number of benzene rings is 1. The number of nitrogens with one attached hydrogen (secondary N) is 4. The second-order valence-electron chi connectivity index (χ2n) is 8.83. The van der Waals surface area contributed by atoms with Crippen LogP contribution in [0.15, 0.2) is 30.5 Å². The maximum atomic E-state index is 12.8. The highest BCUT2D eigenvalue weighted by molar-refractivity contribution is 5.96. The Labute approximate surface area is 218 Å². The van der Waals surface area contributed by atoms with Crippen molar-refractivity contribution in [1.29, 1.82) is 0 Å². The summed E-state index contributed by atoms with van der Waals surface area (Å²) in [5.74, 6) is -4.90. The number of aliphatic hydroxyl groups is 1. The maximum Gasteiger partial charge on any atom is 0.326 e. The lowest BCUT2D eigenvalue weighted by Crippen LogP contribution is -2.58. The van der Waals surface area contributed by atoms with Crippen LogP contribution in [-0.4, -0.2) is 82.1 Å². The van der Waals surface area contributed by atoms with Gasteiger partial charge in [0.15, 0.2) is 0 Å². The van der Waals surface area contributed by atoms with E-state index in [1.165, 1.54) is 0 Å². The van der Waals surface area contributed by atoms with Crippen molar-refractivity contribution in [3.63, 3.8) is 0 Å². The molecule has 0 aliphatic heterocycles. The average Bonchev–Trinajstić information content (AvgIpc) is 3.28. The zero-order valence-electron chi connectivity index (χ0n) is 20.8. The van der Waals surface area contributed by atoms with Crippen LogP contribution in [0, 0.1) is 0 Å². The quantitative estimate of drug-likeness (QED) is 0.104. The standard InChI is InChI=1S/C24H35N7O7/c25-8-4-3-6-15(26)21(34)29-17(10-20(27)33)22(35)31-19(12-32)23(36)30-18(24(37)38)9-13-11-28-16-7-2-1-5-14(13)16/h1-2,5,7,11,15,17-19,28,32H,3-4,6,8-10,12,25-26H2,(H2,27,33)(H,29,34)(H,30,36)(H,31,35)(H,37,38). The first-order valence-corrected chi connectivity index (χ1v) is 12.1. The Morgan fingerprint density at radius 2 is 1.55 bits per heavy atom. The largest absolute Gasteiger partial charge is 0.480 e. The highest BCUT2D eigenvalue weighted by Crippen LogP contribution is 2.19. The van der Waals surface area contributed by atoms with E-state index in [1.807, 2.05) is 12.1 Å². The van der Waals surface area contributed by atoms with Crippen LogP contribution in [0.3, 0.4) is 0 Å². The smallest absolute Gasteiger partial charge is 0.326 e. The lowest BCUT2D eigenvalue weighted by atomic mass is 10.0. The molecule has 0 saturated carbocycles. The molecule has 4 amide bonds. The van der Waals surface area contributed by atoms with Gasteiger partial charge in [0.25, 0.3) is 0 Å². The fourth-order valence-corrected chi connectivity index (χ4v) is 3.79. The first-order chi connectivity index (χ1) is 18.1. The summed E-state index contributed by atoms with van der Waals surface area (Å²) >= 11 is 0. The molecule has 1 heterocycles. The number of aliphatic hydroxyl groups excluding tert-OH is 1. The maximum absolute atomic E-state index is 12.8. The molecule has 208 valence electrons. The number of unbranched alkanes of at least 4 members (excludes halogenated alkanes) is 1. The zero-order chi connectivity index (χ0) is 28.2. The van der Waals surface area contributed by atoms with Crippen LogP contribution in [0.4, 0.5) is 0 Å². The van der Waals surface area contributed by atoms with E-state index in [2.05, 4.69) is 20.9 Å². The summed E-state index contributed by atoms with van der Waals surface area (Å²) in [5.41, 5.74) is 17.9. The predicted molar refractivity (Wildman–Crippen MR) is 137 cm³/mol. The molecule has 4 atom stereocenters. The number of hydrogen-bond donors (Lipinski definition) is 9. The summed E-state index contributed by atoms with van der Waals surface area (Å²) in [5, 5.41) is 27.0. The minimum absolute atomic E-state index is 0.0699. The molecule has 0 radical (unpaired) electrons. The third-order valence-electron chi connectivity index (χ3n) is 5.87. The molecular formula is C24H35N7O7. The summed E-state index contributed by atoms with van der Waals surface area (Å²) in [7, 11) is 0. The van der Waals surface area contributed by atoms with E-state index in [0.29, 0.717) is 31.4 Å². The van der Waals surface area contributed by atoms with Gasteiger partial charge in [0.2, 0.25) is 23.6 Å². The molecule has 14 heteroatoms. The van der Waals surface area contributed by atoms with Crippen LogP contribution < -0.4 is 33.2 Å². The van der Waals surface area contributed by atoms with Crippen LogP contribution in [0.1, 0.15) is 31.2 Å². The molecule has 4 unspecified atom stereocenters. The number of primary amides is 1. The van der Waals surface area contributed by atoms with Gasteiger partial charge in [-0.05, 0) is 31.0 Å². The van der Waals surface area contributed by atoms with Crippen molar-refractivity contribution in [3.05, 3.63) is 36.0 Å². The van der Waals surface area contributed by atoms with Crippen molar-refractivity contribution in [2.45, 2.75) is 56.3 Å². The number of amides is 4. The van der Waals surface area contributed by atoms with Crippen LogP contribution in [0.5, 0.6) is 0 Å². The van der Waals surface area contributed by atoms with E-state index in [1.54, 1.807) is 18.3 Å². The minimum Gasteiger partial charge on any atom is -0.480 e. The van der Waals surface area contributed by atoms with Crippen molar-refractivity contribution >= 4 is 40.5 Å². The third-order valence-corrected chi connectivity index (χ3v) is 5.87. The van der Waals surface area contributed by atoms with E-state index < -0.39 is 66.8 Å². The van der Waals surface area contributed by atoms with E-state index in [4.69, 9.17) is 17.2 Å². The number of rotatable bonds is 16. The molecule has 1 aromatic carbocycles. The number of carboxylic acid groups (broad SMARTS) is 1. The van der Waals surface area contributed by atoms with Gasteiger partial charge in [-0.25, -0.2) is 4.79 Å². The number of carboxylic acids is 1. The first-order valence-electron chi connectivity index (χ1n) is 12.1. The van der Waals surface area contributed by atoms with Crippen LogP contribution in [0.2, 0.25) is 0 Å². The molecule has 0 fully saturated rings. The van der Waals surface area contributed by atoms with Gasteiger partial charge in [0.1, 0.15) is 18.1 Å². The number of fused-ring (bicyclic) bond motifs is 1. The van der Waals surface area contributed by atoms with Gasteiger partial charge < -0.3 is 48.3 Å². The van der Waals surface area contributed by atoms with Crippen molar-refractivity contribution in [1.82, 2.24) is 20.9 Å². The van der Waals surface area contributed by atoms with E-state index >= 15 is 0 Å². The number of aromatic nitrogens is 1. The Morgan fingerprint density at radius 3 is 2.18 bits per heavy atom. The lowest BCUT2D eigenvalue weighted by molar-refractivity contribution is -0.142. The topological polar surface area (TPSA) is 256 Å². The zero-order valence-corrected chi connectivity index (χ0v) is 20.8. The molecule has 12 N–H and O–H groups in total. The molecule has 0 spiro atoms. The monoisotopic (exact) mass is 533 g/mol. The lowest BCUT2D eigenvalue weighted by Gasteiger charge is -2.24. The second-order valence-corrected chi connectivity index (χ2v) is 8.83. The number of nitrogens with two attached hydrogens (primary N) is 3. The highest BCUT2D eigenvalue weighted by atomic mass is 16.4. The first kappa shape index (κ1) is 30.2. The highest BCUT2D eigenvalue weighted by Gasteiger charge is 2.31. The average molecular weight is 534 g/mol. The van der Waals surface area contributed by atoms with Crippen LogP contribution in [-0.2, 0) is 30.4 Å². The third kappa shape index (κ3) is 8.83. The fourth-order valence-electron chi connectivity index (χ4n) is 3.79. The number of carbonyl (C=O) groups excluding carboxylic acids is 4. The molecule has 38 heavy (non-hydrogen) atoms. The number of carbonyl (C=O) groups is 5. The van der Waals surface area contributed by atoms with Crippen molar-refractivity contribution < 1.29 is 34.2 Å². The summed E-state index contributed by atoms with van der Waals surface area (Å²) in [4.78, 5) is 64.3. The Morgan fingerprint density at radius 1 is 0.921 bits per heavy atom. The van der Waals surface area contributed by atoms with Gasteiger partial charge in [0.05, 0.1) is 19.1 Å². The fraction of sp³-hybridized carbons (Fsp3) is 0.458. The molecular weight excluding hydrogens is 498 g/mol. The molecule has 2 aromatic rings. The minimum atomic E-state index is -1.57.